The van der Waals surface area contributed by atoms with Crippen LogP contribution >= 0.6 is 0 Å². The van der Waals surface area contributed by atoms with E-state index in [0.29, 0.717) is 43.4 Å². The van der Waals surface area contributed by atoms with Crippen molar-refractivity contribution in [1.82, 2.24) is 15.2 Å². The average molecular weight is 517 g/mol. The number of nitrogens with one attached hydrogen (secondary N) is 1. The Morgan fingerprint density at radius 1 is 1.16 bits per heavy atom. The molecule has 2 aliphatic heterocycles. The summed E-state index contributed by atoms with van der Waals surface area (Å²) < 4.78 is 27.3. The van der Waals surface area contributed by atoms with Crippen LogP contribution < -0.4 is 9.64 Å². The molecule has 2 N–H and O–H groups in total. The molecular weight excluding hydrogens is 483 g/mol. The number of ether oxygens (including phenoxy) is 2. The fraction of sp³-hybridized carbons (Fsp3) is 0.400. The largest absolute Gasteiger partial charge is 0.491 e. The number of benzene rings is 2. The van der Waals surface area contributed by atoms with Crippen molar-refractivity contribution >= 4 is 16.6 Å². The highest BCUT2D eigenvalue weighted by molar-refractivity contribution is 5.95. The lowest BCUT2D eigenvalue weighted by Gasteiger charge is -2.35. The number of aliphatic hydroxyl groups is 1. The summed E-state index contributed by atoms with van der Waals surface area (Å²) in [4.78, 5) is 6.93. The first kappa shape index (κ1) is 24.8. The highest BCUT2D eigenvalue weighted by Gasteiger charge is 2.24. The van der Waals surface area contributed by atoms with E-state index in [1.54, 1.807) is 12.3 Å². The summed E-state index contributed by atoms with van der Waals surface area (Å²) in [6.07, 6.45) is 5.12. The van der Waals surface area contributed by atoms with Gasteiger partial charge in [0.05, 0.1) is 49.0 Å². The van der Waals surface area contributed by atoms with Crippen molar-refractivity contribution in [3.63, 3.8) is 0 Å². The van der Waals surface area contributed by atoms with Crippen LogP contribution in [0.1, 0.15) is 38.2 Å². The average Bonchev–Trinajstić information content (AvgIpc) is 3.34. The van der Waals surface area contributed by atoms with Gasteiger partial charge in [0.2, 0.25) is 0 Å². The van der Waals surface area contributed by atoms with Crippen LogP contribution in [-0.2, 0) is 11.3 Å². The van der Waals surface area contributed by atoms with Gasteiger partial charge in [0.25, 0.3) is 0 Å². The molecule has 7 nitrogen and oxygen atoms in total. The molecule has 1 saturated heterocycles. The van der Waals surface area contributed by atoms with Gasteiger partial charge in [-0.05, 0) is 61.9 Å². The zero-order chi connectivity index (χ0) is 26.1. The number of aliphatic hydroxyl groups excluding tert-OH is 1. The summed E-state index contributed by atoms with van der Waals surface area (Å²) >= 11 is 0. The molecule has 1 unspecified atom stereocenters. The van der Waals surface area contributed by atoms with Crippen LogP contribution in [0.4, 0.5) is 10.1 Å². The maximum Gasteiger partial charge on any atom is 0.143 e. The first-order chi connectivity index (χ1) is 18.6. The number of hydrogen-bond donors (Lipinski definition) is 2. The van der Waals surface area contributed by atoms with Crippen molar-refractivity contribution in [3.05, 3.63) is 60.0 Å². The molecule has 0 spiro atoms. The molecule has 2 aromatic carbocycles. The Bertz CT molecular complexity index is 1430. The van der Waals surface area contributed by atoms with E-state index in [1.807, 2.05) is 19.1 Å². The van der Waals surface area contributed by atoms with Crippen molar-refractivity contribution < 1.29 is 19.0 Å². The summed E-state index contributed by atoms with van der Waals surface area (Å²) in [5.74, 6) is 1.05. The summed E-state index contributed by atoms with van der Waals surface area (Å²) in [7, 11) is 0. The van der Waals surface area contributed by atoms with Gasteiger partial charge in [0, 0.05) is 36.0 Å². The highest BCUT2D eigenvalue weighted by Crippen LogP contribution is 2.38. The molecule has 0 aliphatic carbocycles. The first-order valence-corrected chi connectivity index (χ1v) is 13.5. The topological polar surface area (TPSA) is 83.5 Å². The summed E-state index contributed by atoms with van der Waals surface area (Å²) in [6, 6.07) is 13.2. The van der Waals surface area contributed by atoms with Crippen molar-refractivity contribution in [2.45, 2.75) is 45.3 Å². The molecular formula is C30H33FN4O3. The smallest absolute Gasteiger partial charge is 0.143 e. The third-order valence-corrected chi connectivity index (χ3v) is 7.61. The summed E-state index contributed by atoms with van der Waals surface area (Å²) in [5.41, 5.74) is 5.35. The number of pyridine rings is 1. The Balaban J connectivity index is 1.39. The normalized spacial score (nSPS) is 17.5. The minimum absolute atomic E-state index is 0.258. The minimum Gasteiger partial charge on any atom is -0.491 e. The Kier molecular flexibility index (Phi) is 7.00. The Hall–Kier alpha value is -3.49. The van der Waals surface area contributed by atoms with Crippen molar-refractivity contribution in [3.8, 4) is 28.3 Å². The number of fused-ring (bicyclic) bond motifs is 6. The quantitative estimate of drug-likeness (QED) is 0.363. The predicted octanol–water partition coefficient (Wildman–Crippen LogP) is 5.72. The van der Waals surface area contributed by atoms with Gasteiger partial charge in [-0.1, -0.05) is 18.2 Å². The number of halogens is 1. The lowest BCUT2D eigenvalue weighted by atomic mass is 9.91. The molecule has 1 atom stereocenters. The van der Waals surface area contributed by atoms with E-state index in [-0.39, 0.29) is 11.9 Å². The van der Waals surface area contributed by atoms with E-state index >= 15 is 4.39 Å². The number of piperidine rings is 1. The second-order valence-electron chi connectivity index (χ2n) is 10.4. The molecule has 2 aromatic heterocycles. The number of aromatic amines is 1. The second-order valence-corrected chi connectivity index (χ2v) is 10.4. The zero-order valence-electron chi connectivity index (χ0n) is 21.6. The van der Waals surface area contributed by atoms with Crippen LogP contribution in [0.25, 0.3) is 33.4 Å². The molecule has 1 fully saturated rings. The molecule has 0 saturated carbocycles. The molecule has 0 radical (unpaired) electrons. The molecule has 4 bridgehead atoms. The van der Waals surface area contributed by atoms with Crippen LogP contribution in [0.3, 0.4) is 0 Å². The Morgan fingerprint density at radius 2 is 2.03 bits per heavy atom. The minimum atomic E-state index is -0.320. The van der Waals surface area contributed by atoms with Crippen molar-refractivity contribution in [2.75, 3.05) is 31.2 Å². The summed E-state index contributed by atoms with van der Waals surface area (Å²) in [6.45, 7) is 5.04. The number of hydrogen-bond acceptors (Lipinski definition) is 6. The Morgan fingerprint density at radius 3 is 2.87 bits per heavy atom. The number of nitrogens with zero attached hydrogens (tertiary/aromatic N) is 3. The molecule has 8 heteroatoms. The van der Waals surface area contributed by atoms with E-state index in [0.717, 1.165) is 71.5 Å². The first-order valence-electron chi connectivity index (χ1n) is 13.5. The van der Waals surface area contributed by atoms with Gasteiger partial charge in [-0.25, -0.2) is 4.39 Å². The van der Waals surface area contributed by atoms with Crippen LogP contribution in [0.15, 0.2) is 48.7 Å². The molecule has 2 aliphatic rings. The third-order valence-electron chi connectivity index (χ3n) is 7.61. The predicted molar refractivity (Wildman–Crippen MR) is 146 cm³/mol. The van der Waals surface area contributed by atoms with Gasteiger partial charge in [-0.2, -0.15) is 5.10 Å². The van der Waals surface area contributed by atoms with Gasteiger partial charge in [0.15, 0.2) is 0 Å². The van der Waals surface area contributed by atoms with Crippen LogP contribution in [0.2, 0.25) is 0 Å². The van der Waals surface area contributed by atoms with Crippen LogP contribution in [0.5, 0.6) is 5.75 Å². The SMILES string of the molecule is CC(O)CC1CCN(c2ccc3cc2OCCCOCc2cccc(F)c2-c2cc4c-3n[nH]c4cn2)CC1. The maximum absolute atomic E-state index is 15.0. The van der Waals surface area contributed by atoms with Gasteiger partial charge in [-0.15, -0.1) is 0 Å². The zero-order valence-corrected chi connectivity index (χ0v) is 21.6. The molecule has 198 valence electrons. The van der Waals surface area contributed by atoms with E-state index in [1.165, 1.54) is 6.07 Å². The van der Waals surface area contributed by atoms with Gasteiger partial charge < -0.3 is 19.5 Å². The number of rotatable bonds is 3. The van der Waals surface area contributed by atoms with Crippen LogP contribution in [0, 0.1) is 11.7 Å². The van der Waals surface area contributed by atoms with E-state index in [4.69, 9.17) is 9.47 Å². The number of aromatic nitrogens is 3. The van der Waals surface area contributed by atoms with Gasteiger partial charge in [0.1, 0.15) is 17.3 Å². The third kappa shape index (κ3) is 4.98. The summed E-state index contributed by atoms with van der Waals surface area (Å²) in [5, 5.41) is 18.4. The standard InChI is InChI=1S/C30H33FN4O3/c1-19(36)14-20-8-10-35(11-9-20)27-7-6-21-15-28(27)38-13-3-12-37-18-22-4-2-5-24(31)29(22)25-16-23-26(17-32-25)33-34-30(21)23/h2,4-7,15-17,19-20,36H,3,8-14,18H2,1H3,(H,33,34). The number of anilines is 1. The molecule has 4 aromatic rings. The lowest BCUT2D eigenvalue weighted by Crippen LogP contribution is -2.34. The highest BCUT2D eigenvalue weighted by atomic mass is 19.1. The van der Waals surface area contributed by atoms with E-state index in [2.05, 4.69) is 38.3 Å². The van der Waals surface area contributed by atoms with Gasteiger partial charge >= 0.3 is 0 Å². The maximum atomic E-state index is 15.0. The fourth-order valence-corrected chi connectivity index (χ4v) is 5.70. The second kappa shape index (κ2) is 10.7. The van der Waals surface area contributed by atoms with E-state index in [9.17, 15) is 5.11 Å². The molecule has 0 amide bonds. The molecule has 4 heterocycles. The molecule has 6 rings (SSSR count). The fourth-order valence-electron chi connectivity index (χ4n) is 5.70. The lowest BCUT2D eigenvalue weighted by molar-refractivity contribution is 0.107. The van der Waals surface area contributed by atoms with Crippen molar-refractivity contribution in [1.29, 1.82) is 0 Å². The van der Waals surface area contributed by atoms with Gasteiger partial charge in [-0.3, -0.25) is 10.1 Å². The van der Waals surface area contributed by atoms with Crippen LogP contribution in [-0.4, -0.2) is 52.7 Å². The number of H-pyrrole nitrogens is 1. The van der Waals surface area contributed by atoms with Crippen molar-refractivity contribution in [2.24, 2.45) is 5.92 Å². The van der Waals surface area contributed by atoms with E-state index < -0.39 is 0 Å². The Labute approximate surface area is 221 Å². The molecule has 38 heavy (non-hydrogen) atoms. The monoisotopic (exact) mass is 516 g/mol.